The van der Waals surface area contributed by atoms with Crippen molar-refractivity contribution in [1.29, 1.82) is 0 Å². The second-order valence-electron chi connectivity index (χ2n) is 7.20. The molecule has 0 bridgehead atoms. The maximum absolute atomic E-state index is 12.4. The van der Waals surface area contributed by atoms with Crippen molar-refractivity contribution in [1.82, 2.24) is 19.3 Å². The third-order valence-corrected chi connectivity index (χ3v) is 6.93. The molecule has 0 radical (unpaired) electrons. The van der Waals surface area contributed by atoms with E-state index in [1.165, 1.54) is 12.1 Å². The molecule has 2 heterocycles. The molecule has 0 aliphatic carbocycles. The highest BCUT2D eigenvalue weighted by molar-refractivity contribution is 7.89. The fourth-order valence-electron chi connectivity index (χ4n) is 3.21. The molecule has 0 aliphatic heterocycles. The minimum atomic E-state index is -3.58. The van der Waals surface area contributed by atoms with Gasteiger partial charge in [-0.3, -0.25) is 0 Å². The lowest BCUT2D eigenvalue weighted by molar-refractivity contribution is 0.580. The standard InChI is InChI=1S/C21H20BCl2N5O2S/c22-17-13-26-29-20(12-19(28-21(17)29)16-4-1-2-5-18(16)24)25-10-3-11-27-32(30,31)15-8-6-14(23)7-9-15/h1-2,4-9,12-13,25,27H,3,10-11,22H2. The second-order valence-corrected chi connectivity index (χ2v) is 9.81. The summed E-state index contributed by atoms with van der Waals surface area (Å²) in [5.41, 5.74) is 3.24. The number of aromatic nitrogens is 3. The predicted molar refractivity (Wildman–Crippen MR) is 131 cm³/mol. The van der Waals surface area contributed by atoms with E-state index in [9.17, 15) is 8.42 Å². The Balaban J connectivity index is 1.45. The Morgan fingerprint density at radius 2 is 1.78 bits per heavy atom. The molecule has 4 rings (SSSR count). The van der Waals surface area contributed by atoms with E-state index in [2.05, 4.69) is 15.1 Å². The van der Waals surface area contributed by atoms with Gasteiger partial charge in [-0.05, 0) is 42.2 Å². The Bertz CT molecular complexity index is 1360. The normalized spacial score (nSPS) is 11.7. The minimum absolute atomic E-state index is 0.182. The number of halogens is 2. The first kappa shape index (κ1) is 22.6. The molecule has 164 valence electrons. The second kappa shape index (κ2) is 9.50. The molecule has 0 amide bonds. The van der Waals surface area contributed by atoms with E-state index in [-0.39, 0.29) is 11.4 Å². The Morgan fingerprint density at radius 3 is 2.53 bits per heavy atom. The summed E-state index contributed by atoms with van der Waals surface area (Å²) in [7, 11) is -1.63. The molecule has 2 aromatic heterocycles. The van der Waals surface area contributed by atoms with E-state index < -0.39 is 10.0 Å². The van der Waals surface area contributed by atoms with E-state index in [0.29, 0.717) is 23.0 Å². The third-order valence-electron chi connectivity index (χ3n) is 4.87. The van der Waals surface area contributed by atoms with E-state index in [4.69, 9.17) is 28.2 Å². The van der Waals surface area contributed by atoms with Crippen molar-refractivity contribution in [2.45, 2.75) is 11.3 Å². The molecule has 0 unspecified atom stereocenters. The highest BCUT2D eigenvalue weighted by Crippen LogP contribution is 2.28. The highest BCUT2D eigenvalue weighted by atomic mass is 35.5. The zero-order chi connectivity index (χ0) is 22.7. The summed E-state index contributed by atoms with van der Waals surface area (Å²) in [5.74, 6) is 0.749. The fourth-order valence-corrected chi connectivity index (χ4v) is 4.65. The molecule has 0 spiro atoms. The fraction of sp³-hybridized carbons (Fsp3) is 0.143. The van der Waals surface area contributed by atoms with Crippen molar-refractivity contribution in [3.63, 3.8) is 0 Å². The number of sulfonamides is 1. The summed E-state index contributed by atoms with van der Waals surface area (Å²) in [6, 6.07) is 15.5. The summed E-state index contributed by atoms with van der Waals surface area (Å²) < 4.78 is 29.1. The smallest absolute Gasteiger partial charge is 0.240 e. The minimum Gasteiger partial charge on any atom is -0.370 e. The first-order valence-electron chi connectivity index (χ1n) is 9.94. The van der Waals surface area contributed by atoms with Crippen LogP contribution in [0, 0.1) is 0 Å². The van der Waals surface area contributed by atoms with Gasteiger partial charge in [0.2, 0.25) is 10.0 Å². The molecule has 0 fully saturated rings. The first-order valence-corrected chi connectivity index (χ1v) is 12.2. The SMILES string of the molecule is Bc1cnn2c(NCCCNS(=O)(=O)c3ccc(Cl)cc3)cc(-c3ccccc3Cl)nc12. The zero-order valence-corrected chi connectivity index (χ0v) is 19.5. The number of nitrogens with zero attached hydrogens (tertiary/aromatic N) is 3. The average Bonchev–Trinajstić information content (AvgIpc) is 3.15. The van der Waals surface area contributed by atoms with Gasteiger partial charge in [-0.25, -0.2) is 18.1 Å². The summed E-state index contributed by atoms with van der Waals surface area (Å²) >= 11 is 12.2. The Labute approximate surface area is 197 Å². The maximum Gasteiger partial charge on any atom is 0.240 e. The van der Waals surface area contributed by atoms with Crippen molar-refractivity contribution < 1.29 is 8.42 Å². The van der Waals surface area contributed by atoms with Gasteiger partial charge in [0, 0.05) is 41.0 Å². The molecule has 0 saturated heterocycles. The van der Waals surface area contributed by atoms with Gasteiger partial charge < -0.3 is 5.32 Å². The molecule has 7 nitrogen and oxygen atoms in total. The van der Waals surface area contributed by atoms with Crippen LogP contribution in [-0.2, 0) is 10.0 Å². The average molecular weight is 488 g/mol. The molecular formula is C21H20BCl2N5O2S. The van der Waals surface area contributed by atoms with Gasteiger partial charge in [0.05, 0.1) is 10.6 Å². The van der Waals surface area contributed by atoms with Gasteiger partial charge in [-0.1, -0.05) is 41.4 Å². The predicted octanol–water partition coefficient (Wildman–Crippen LogP) is 2.74. The van der Waals surface area contributed by atoms with Gasteiger partial charge in [0.15, 0.2) is 5.65 Å². The Kier molecular flexibility index (Phi) is 6.71. The monoisotopic (exact) mass is 487 g/mol. The molecule has 2 N–H and O–H groups in total. The molecule has 2 aromatic carbocycles. The molecule has 11 heteroatoms. The highest BCUT2D eigenvalue weighted by Gasteiger charge is 2.14. The van der Waals surface area contributed by atoms with Crippen molar-refractivity contribution in [2.24, 2.45) is 0 Å². The van der Waals surface area contributed by atoms with Gasteiger partial charge in [0.25, 0.3) is 0 Å². The molecule has 4 aromatic rings. The zero-order valence-electron chi connectivity index (χ0n) is 17.2. The first-order chi connectivity index (χ1) is 15.3. The van der Waals surface area contributed by atoms with Crippen LogP contribution in [0.15, 0.2) is 65.7 Å². The molecule has 0 saturated carbocycles. The van der Waals surface area contributed by atoms with Crippen molar-refractivity contribution in [2.75, 3.05) is 18.4 Å². The summed E-state index contributed by atoms with van der Waals surface area (Å²) in [4.78, 5) is 4.90. The number of fused-ring (bicyclic) bond motifs is 1. The number of hydrogen-bond acceptors (Lipinski definition) is 5. The van der Waals surface area contributed by atoms with Gasteiger partial charge >= 0.3 is 0 Å². The quantitative estimate of drug-likeness (QED) is 0.294. The van der Waals surface area contributed by atoms with Crippen molar-refractivity contribution >= 4 is 58.0 Å². The molecule has 32 heavy (non-hydrogen) atoms. The Hall–Kier alpha value is -2.59. The summed E-state index contributed by atoms with van der Waals surface area (Å²) in [6.45, 7) is 0.810. The van der Waals surface area contributed by atoms with Crippen LogP contribution < -0.4 is 15.5 Å². The topological polar surface area (TPSA) is 88.4 Å². The lowest BCUT2D eigenvalue weighted by Crippen LogP contribution is -2.26. The van der Waals surface area contributed by atoms with E-state index in [1.54, 1.807) is 22.8 Å². The van der Waals surface area contributed by atoms with Crippen LogP contribution in [0.25, 0.3) is 16.9 Å². The third kappa shape index (κ3) is 4.91. The number of benzene rings is 2. The summed E-state index contributed by atoms with van der Waals surface area (Å²) in [5, 5.41) is 8.83. The maximum atomic E-state index is 12.4. The number of nitrogens with one attached hydrogen (secondary N) is 2. The van der Waals surface area contributed by atoms with Crippen LogP contribution in [0.3, 0.4) is 0 Å². The largest absolute Gasteiger partial charge is 0.370 e. The van der Waals surface area contributed by atoms with Crippen LogP contribution in [0.2, 0.25) is 10.0 Å². The molecule has 0 atom stereocenters. The summed E-state index contributed by atoms with van der Waals surface area (Å²) in [6.07, 6.45) is 2.32. The van der Waals surface area contributed by atoms with E-state index in [1.807, 2.05) is 38.2 Å². The van der Waals surface area contributed by atoms with Crippen molar-refractivity contribution in [3.8, 4) is 11.3 Å². The Morgan fingerprint density at radius 1 is 1.03 bits per heavy atom. The number of anilines is 1. The van der Waals surface area contributed by atoms with E-state index >= 15 is 0 Å². The number of hydrogen-bond donors (Lipinski definition) is 2. The number of rotatable bonds is 8. The van der Waals surface area contributed by atoms with Crippen LogP contribution in [0.1, 0.15) is 6.42 Å². The molecule has 0 aliphatic rings. The van der Waals surface area contributed by atoms with Crippen LogP contribution in [-0.4, -0.2) is 44.0 Å². The van der Waals surface area contributed by atoms with Gasteiger partial charge in [-0.2, -0.15) is 9.61 Å². The van der Waals surface area contributed by atoms with Gasteiger partial charge in [-0.15, -0.1) is 0 Å². The van der Waals surface area contributed by atoms with Gasteiger partial charge in [0.1, 0.15) is 13.7 Å². The van der Waals surface area contributed by atoms with Crippen LogP contribution >= 0.6 is 23.2 Å². The van der Waals surface area contributed by atoms with Crippen LogP contribution in [0.5, 0.6) is 0 Å². The van der Waals surface area contributed by atoms with E-state index in [0.717, 1.165) is 28.2 Å². The van der Waals surface area contributed by atoms with Crippen molar-refractivity contribution in [3.05, 3.63) is 70.8 Å². The molecular weight excluding hydrogens is 468 g/mol. The lowest BCUT2D eigenvalue weighted by Gasteiger charge is -2.12. The lowest BCUT2D eigenvalue weighted by atomic mass is 10.0. The van der Waals surface area contributed by atoms with Crippen LogP contribution in [0.4, 0.5) is 5.82 Å².